The quantitative estimate of drug-likeness (QED) is 0.370. The molecule has 0 aliphatic carbocycles. The van der Waals surface area contributed by atoms with Crippen LogP contribution in [-0.2, 0) is 4.84 Å². The topological polar surface area (TPSA) is 29.5 Å². The van der Waals surface area contributed by atoms with Crippen molar-refractivity contribution in [3.63, 3.8) is 0 Å². The monoisotopic (exact) mass is 179 g/mol. The maximum absolute atomic E-state index is 10.7. The lowest BCUT2D eigenvalue weighted by Crippen LogP contribution is -2.42. The van der Waals surface area contributed by atoms with E-state index in [-0.39, 0.29) is 5.54 Å². The Hall–Kier alpha value is -0.280. The Labute approximate surface area is 72.2 Å². The summed E-state index contributed by atoms with van der Waals surface area (Å²) in [7, 11) is 0. The molecular weight excluding hydrogens is 166 g/mol. The summed E-state index contributed by atoms with van der Waals surface area (Å²) in [6, 6.07) is 0. The summed E-state index contributed by atoms with van der Waals surface area (Å²) < 4.78 is 0. The molecule has 0 aliphatic heterocycles. The zero-order chi connectivity index (χ0) is 9.07. The van der Waals surface area contributed by atoms with Crippen molar-refractivity contribution in [2.75, 3.05) is 6.61 Å². The molecule has 0 atom stereocenters. The fourth-order valence-corrected chi connectivity index (χ4v) is 0.940. The Morgan fingerprint density at radius 2 is 2.00 bits per heavy atom. The van der Waals surface area contributed by atoms with Gasteiger partial charge in [0.05, 0.1) is 12.1 Å². The van der Waals surface area contributed by atoms with Crippen LogP contribution < -0.4 is 0 Å². The van der Waals surface area contributed by atoms with Crippen LogP contribution in [0, 0.1) is 0 Å². The predicted molar refractivity (Wildman–Crippen MR) is 44.5 cm³/mol. The summed E-state index contributed by atoms with van der Waals surface area (Å²) in [6.07, 6.45) is 0. The summed E-state index contributed by atoms with van der Waals surface area (Å²) in [6.45, 7) is 7.79. The van der Waals surface area contributed by atoms with Crippen LogP contribution in [0.25, 0.3) is 0 Å². The first kappa shape index (κ1) is 10.7. The van der Waals surface area contributed by atoms with E-state index in [0.29, 0.717) is 6.61 Å². The molecule has 0 saturated carbocycles. The van der Waals surface area contributed by atoms with Gasteiger partial charge in [-0.2, -0.15) is 0 Å². The number of hydroxylamine groups is 2. The molecule has 0 aliphatic rings. The van der Waals surface area contributed by atoms with Crippen LogP contribution >= 0.6 is 11.6 Å². The summed E-state index contributed by atoms with van der Waals surface area (Å²) in [4.78, 5) is 15.8. The first-order valence-corrected chi connectivity index (χ1v) is 3.90. The molecule has 0 radical (unpaired) electrons. The van der Waals surface area contributed by atoms with Gasteiger partial charge in [0.25, 0.3) is 0 Å². The van der Waals surface area contributed by atoms with Crippen molar-refractivity contribution in [2.24, 2.45) is 0 Å². The van der Waals surface area contributed by atoms with E-state index in [4.69, 9.17) is 16.4 Å². The minimum Gasteiger partial charge on any atom is -0.270 e. The van der Waals surface area contributed by atoms with Crippen LogP contribution in [0.5, 0.6) is 0 Å². The Morgan fingerprint density at radius 3 is 2.09 bits per heavy atom. The molecule has 0 saturated heterocycles. The summed E-state index contributed by atoms with van der Waals surface area (Å²) in [5.74, 6) is 0. The van der Waals surface area contributed by atoms with E-state index in [2.05, 4.69) is 0 Å². The highest BCUT2D eigenvalue weighted by atomic mass is 35.5. The molecule has 0 aromatic carbocycles. The number of halogens is 1. The maximum Gasteiger partial charge on any atom is 0.340 e. The van der Waals surface area contributed by atoms with E-state index in [1.165, 1.54) is 0 Å². The minimum absolute atomic E-state index is 0.380. The number of nitrogens with zero attached hydrogens (tertiary/aromatic N) is 1. The Balaban J connectivity index is 4.22. The van der Waals surface area contributed by atoms with Gasteiger partial charge in [-0.15, -0.1) is 0 Å². The number of hydrogen-bond donors (Lipinski definition) is 0. The molecule has 0 bridgehead atoms. The molecule has 0 heterocycles. The number of hydrogen-bond acceptors (Lipinski definition) is 2. The molecule has 0 N–H and O–H groups in total. The number of amides is 1. The standard InChI is InChI=1S/C7H14ClNO2/c1-5-11-9(6(8)10)7(2,3)4/h5H2,1-4H3. The molecule has 0 unspecified atom stereocenters. The molecule has 0 fully saturated rings. The van der Waals surface area contributed by atoms with Gasteiger partial charge >= 0.3 is 5.37 Å². The largest absolute Gasteiger partial charge is 0.340 e. The van der Waals surface area contributed by atoms with Crippen LogP contribution in [0.1, 0.15) is 27.7 Å². The zero-order valence-corrected chi connectivity index (χ0v) is 8.10. The van der Waals surface area contributed by atoms with E-state index in [1.807, 2.05) is 20.8 Å². The van der Waals surface area contributed by atoms with Gasteiger partial charge < -0.3 is 0 Å². The third-order valence-electron chi connectivity index (χ3n) is 1.03. The molecule has 1 amide bonds. The van der Waals surface area contributed by atoms with Crippen molar-refractivity contribution < 1.29 is 9.63 Å². The molecule has 0 aromatic rings. The third-order valence-corrected chi connectivity index (χ3v) is 1.18. The van der Waals surface area contributed by atoms with Crippen molar-refractivity contribution in [2.45, 2.75) is 33.2 Å². The van der Waals surface area contributed by atoms with Gasteiger partial charge in [-0.05, 0) is 39.3 Å². The van der Waals surface area contributed by atoms with Gasteiger partial charge in [-0.1, -0.05) is 0 Å². The predicted octanol–water partition coefficient (Wildman–Crippen LogP) is 2.40. The van der Waals surface area contributed by atoms with Crippen molar-refractivity contribution in [3.8, 4) is 0 Å². The SMILES string of the molecule is CCON(C(=O)Cl)C(C)(C)C. The van der Waals surface area contributed by atoms with E-state index >= 15 is 0 Å². The normalized spacial score (nSPS) is 11.4. The average molecular weight is 180 g/mol. The van der Waals surface area contributed by atoms with Crippen LogP contribution in [0.15, 0.2) is 0 Å². The summed E-state index contributed by atoms with van der Waals surface area (Å²) >= 11 is 5.27. The van der Waals surface area contributed by atoms with E-state index < -0.39 is 5.37 Å². The average Bonchev–Trinajstić information content (AvgIpc) is 1.79. The van der Waals surface area contributed by atoms with Crippen molar-refractivity contribution in [3.05, 3.63) is 0 Å². The lowest BCUT2D eigenvalue weighted by molar-refractivity contribution is -0.155. The molecule has 4 heteroatoms. The fourth-order valence-electron chi connectivity index (χ4n) is 0.637. The van der Waals surface area contributed by atoms with E-state index in [0.717, 1.165) is 5.06 Å². The highest BCUT2D eigenvalue weighted by Crippen LogP contribution is 2.15. The third kappa shape index (κ3) is 3.58. The second kappa shape index (κ2) is 3.93. The second-order valence-corrected chi connectivity index (χ2v) is 3.46. The van der Waals surface area contributed by atoms with Gasteiger partial charge in [0.2, 0.25) is 0 Å². The van der Waals surface area contributed by atoms with Crippen LogP contribution in [0.2, 0.25) is 0 Å². The van der Waals surface area contributed by atoms with Crippen molar-refractivity contribution in [1.82, 2.24) is 5.06 Å². The lowest BCUT2D eigenvalue weighted by Gasteiger charge is -2.31. The van der Waals surface area contributed by atoms with Gasteiger partial charge in [-0.25, -0.2) is 5.06 Å². The molecule has 0 aromatic heterocycles. The van der Waals surface area contributed by atoms with Crippen LogP contribution in [0.4, 0.5) is 4.79 Å². The van der Waals surface area contributed by atoms with Gasteiger partial charge in [0.15, 0.2) is 0 Å². The zero-order valence-electron chi connectivity index (χ0n) is 7.35. The summed E-state index contributed by atoms with van der Waals surface area (Å²) in [5, 5.41) is 0.577. The number of carbonyl (C=O) groups excluding carboxylic acids is 1. The number of carbonyl (C=O) groups is 1. The highest BCUT2D eigenvalue weighted by molar-refractivity contribution is 6.62. The van der Waals surface area contributed by atoms with Crippen molar-refractivity contribution in [1.29, 1.82) is 0 Å². The first-order valence-electron chi connectivity index (χ1n) is 3.52. The van der Waals surface area contributed by atoms with Gasteiger partial charge in [-0.3, -0.25) is 9.63 Å². The summed E-state index contributed by atoms with van der Waals surface area (Å²) in [5.41, 5.74) is -0.380. The smallest absolute Gasteiger partial charge is 0.270 e. The minimum atomic E-state index is -0.584. The maximum atomic E-state index is 10.7. The van der Waals surface area contributed by atoms with Gasteiger partial charge in [0, 0.05) is 0 Å². The van der Waals surface area contributed by atoms with Crippen LogP contribution in [0.3, 0.4) is 0 Å². The van der Waals surface area contributed by atoms with Crippen LogP contribution in [-0.4, -0.2) is 22.6 Å². The van der Waals surface area contributed by atoms with E-state index in [9.17, 15) is 4.79 Å². The van der Waals surface area contributed by atoms with Crippen molar-refractivity contribution >= 4 is 17.0 Å². The number of rotatable bonds is 2. The molecule has 0 rings (SSSR count). The Bertz CT molecular complexity index is 142. The highest BCUT2D eigenvalue weighted by Gasteiger charge is 2.25. The molecule has 0 spiro atoms. The van der Waals surface area contributed by atoms with E-state index in [1.54, 1.807) is 6.92 Å². The Kier molecular flexibility index (Phi) is 3.83. The second-order valence-electron chi connectivity index (χ2n) is 3.14. The Morgan fingerprint density at radius 1 is 1.55 bits per heavy atom. The first-order chi connectivity index (χ1) is 4.89. The lowest BCUT2D eigenvalue weighted by atomic mass is 10.1. The molecular formula is C7H14ClNO2. The molecule has 66 valence electrons. The molecule has 11 heavy (non-hydrogen) atoms. The van der Waals surface area contributed by atoms with Gasteiger partial charge in [0.1, 0.15) is 0 Å². The fraction of sp³-hybridized carbons (Fsp3) is 0.857. The molecule has 3 nitrogen and oxygen atoms in total.